The third-order valence-corrected chi connectivity index (χ3v) is 4.78. The normalized spacial score (nSPS) is 11.8. The van der Waals surface area contributed by atoms with Gasteiger partial charge in [-0.05, 0) is 54.1 Å². The molecule has 1 atom stereocenters. The summed E-state index contributed by atoms with van der Waals surface area (Å²) >= 11 is 15.3. The summed E-state index contributed by atoms with van der Waals surface area (Å²) in [7, 11) is 0. The van der Waals surface area contributed by atoms with Gasteiger partial charge in [-0.3, -0.25) is 4.79 Å². The highest BCUT2D eigenvalue weighted by Gasteiger charge is 2.22. The minimum absolute atomic E-state index is 0.0234. The molecule has 5 heteroatoms. The summed E-state index contributed by atoms with van der Waals surface area (Å²) in [6.45, 7) is 0. The zero-order chi connectivity index (χ0) is 17.8. The van der Waals surface area contributed by atoms with Crippen LogP contribution < -0.4 is 5.32 Å². The zero-order valence-electron chi connectivity index (χ0n) is 13.0. The minimum Gasteiger partial charge on any atom is -0.371 e. The Kier molecular flexibility index (Phi) is 5.79. The van der Waals surface area contributed by atoms with Gasteiger partial charge in [0.15, 0.2) is 5.78 Å². The molecule has 3 rings (SSSR count). The van der Waals surface area contributed by atoms with Crippen LogP contribution in [0.5, 0.6) is 0 Å². The number of rotatable bonds is 5. The van der Waals surface area contributed by atoms with Gasteiger partial charge < -0.3 is 5.32 Å². The molecule has 0 aliphatic carbocycles. The van der Waals surface area contributed by atoms with E-state index in [0.717, 1.165) is 15.7 Å². The first-order valence-corrected chi connectivity index (χ1v) is 9.15. The van der Waals surface area contributed by atoms with Crippen LogP contribution in [0.2, 0.25) is 10.0 Å². The van der Waals surface area contributed by atoms with Crippen molar-refractivity contribution in [2.75, 3.05) is 5.32 Å². The van der Waals surface area contributed by atoms with Crippen molar-refractivity contribution in [2.45, 2.75) is 6.04 Å². The number of hydrogen-bond acceptors (Lipinski definition) is 2. The number of nitrogens with one attached hydrogen (secondary N) is 1. The van der Waals surface area contributed by atoms with Crippen LogP contribution in [-0.2, 0) is 0 Å². The van der Waals surface area contributed by atoms with Crippen LogP contribution in [0.1, 0.15) is 22.0 Å². The van der Waals surface area contributed by atoms with Gasteiger partial charge in [-0.1, -0.05) is 63.4 Å². The third kappa shape index (κ3) is 4.63. The van der Waals surface area contributed by atoms with Crippen molar-refractivity contribution in [1.29, 1.82) is 0 Å². The van der Waals surface area contributed by atoms with Crippen LogP contribution in [-0.4, -0.2) is 5.78 Å². The van der Waals surface area contributed by atoms with Crippen LogP contribution >= 0.6 is 39.1 Å². The number of hydrogen-bond donors (Lipinski definition) is 1. The predicted molar refractivity (Wildman–Crippen MR) is 108 cm³/mol. The Morgan fingerprint density at radius 2 is 1.32 bits per heavy atom. The average Bonchev–Trinajstić information content (AvgIpc) is 2.62. The molecule has 0 radical (unpaired) electrons. The van der Waals surface area contributed by atoms with Gasteiger partial charge in [0.1, 0.15) is 6.04 Å². The van der Waals surface area contributed by atoms with Gasteiger partial charge in [0.25, 0.3) is 0 Å². The lowest BCUT2D eigenvalue weighted by molar-refractivity contribution is 0.0969. The molecule has 0 aliphatic rings. The first-order chi connectivity index (χ1) is 12.0. The summed E-state index contributed by atoms with van der Waals surface area (Å²) in [5.74, 6) is -0.0234. The quantitative estimate of drug-likeness (QED) is 0.447. The summed E-state index contributed by atoms with van der Waals surface area (Å²) < 4.78 is 0.928. The molecule has 126 valence electrons. The van der Waals surface area contributed by atoms with E-state index in [1.807, 2.05) is 36.4 Å². The molecular weight excluding hydrogens is 421 g/mol. The lowest BCUT2D eigenvalue weighted by Crippen LogP contribution is -2.21. The molecule has 0 aromatic heterocycles. The van der Waals surface area contributed by atoms with E-state index >= 15 is 0 Å². The van der Waals surface area contributed by atoms with Crippen molar-refractivity contribution in [3.63, 3.8) is 0 Å². The van der Waals surface area contributed by atoms with Crippen LogP contribution in [0.3, 0.4) is 0 Å². The van der Waals surface area contributed by atoms with Gasteiger partial charge in [0, 0.05) is 25.8 Å². The predicted octanol–water partition coefficient (Wildman–Crippen LogP) is 6.79. The van der Waals surface area contributed by atoms with E-state index in [4.69, 9.17) is 23.2 Å². The summed E-state index contributed by atoms with van der Waals surface area (Å²) in [4.78, 5) is 13.1. The van der Waals surface area contributed by atoms with E-state index in [1.165, 1.54) is 0 Å². The Labute approximate surface area is 164 Å². The van der Waals surface area contributed by atoms with Gasteiger partial charge in [0.2, 0.25) is 0 Å². The number of carbonyl (C=O) groups excluding carboxylic acids is 1. The van der Waals surface area contributed by atoms with E-state index in [2.05, 4.69) is 21.2 Å². The van der Waals surface area contributed by atoms with Crippen molar-refractivity contribution in [2.24, 2.45) is 0 Å². The first-order valence-electron chi connectivity index (χ1n) is 7.60. The molecule has 0 aliphatic heterocycles. The molecular formula is C20H14BrCl2NO. The van der Waals surface area contributed by atoms with Crippen LogP contribution in [0.4, 0.5) is 5.69 Å². The van der Waals surface area contributed by atoms with E-state index < -0.39 is 6.04 Å². The summed E-state index contributed by atoms with van der Waals surface area (Å²) in [6.07, 6.45) is 0. The molecule has 0 bridgehead atoms. The zero-order valence-corrected chi connectivity index (χ0v) is 16.1. The Morgan fingerprint density at radius 3 is 1.88 bits per heavy atom. The van der Waals surface area contributed by atoms with E-state index in [-0.39, 0.29) is 5.78 Å². The maximum atomic E-state index is 13.1. The molecule has 0 saturated carbocycles. The minimum atomic E-state index is -0.528. The van der Waals surface area contributed by atoms with Crippen molar-refractivity contribution in [3.05, 3.63) is 98.4 Å². The Balaban J connectivity index is 1.95. The molecule has 3 aromatic carbocycles. The van der Waals surface area contributed by atoms with Crippen molar-refractivity contribution < 1.29 is 4.79 Å². The number of carbonyl (C=O) groups is 1. The molecule has 1 unspecified atom stereocenters. The van der Waals surface area contributed by atoms with Gasteiger partial charge in [-0.25, -0.2) is 0 Å². The highest BCUT2D eigenvalue weighted by atomic mass is 79.9. The number of halogens is 3. The van der Waals surface area contributed by atoms with E-state index in [1.54, 1.807) is 36.4 Å². The number of Topliss-reactive ketones (excluding diaryl/α,β-unsaturated/α-hetero) is 1. The number of anilines is 1. The number of ketones is 1. The van der Waals surface area contributed by atoms with E-state index in [9.17, 15) is 4.79 Å². The van der Waals surface area contributed by atoms with Gasteiger partial charge in [0.05, 0.1) is 0 Å². The molecule has 0 amide bonds. The molecule has 0 fully saturated rings. The monoisotopic (exact) mass is 433 g/mol. The topological polar surface area (TPSA) is 29.1 Å². The molecule has 0 spiro atoms. The maximum absolute atomic E-state index is 13.1. The Bertz CT molecular complexity index is 862. The number of benzene rings is 3. The summed E-state index contributed by atoms with van der Waals surface area (Å²) in [5, 5.41) is 4.57. The van der Waals surface area contributed by atoms with Crippen LogP contribution in [0.25, 0.3) is 0 Å². The lowest BCUT2D eigenvalue weighted by atomic mass is 9.97. The van der Waals surface area contributed by atoms with Gasteiger partial charge in [-0.2, -0.15) is 0 Å². The fraction of sp³-hybridized carbons (Fsp3) is 0.0500. The van der Waals surface area contributed by atoms with Gasteiger partial charge in [-0.15, -0.1) is 0 Å². The fourth-order valence-corrected chi connectivity index (χ4v) is 2.97. The van der Waals surface area contributed by atoms with Crippen molar-refractivity contribution in [1.82, 2.24) is 0 Å². The Hall–Kier alpha value is -1.81. The average molecular weight is 435 g/mol. The highest BCUT2D eigenvalue weighted by Crippen LogP contribution is 2.26. The van der Waals surface area contributed by atoms with Crippen molar-refractivity contribution >= 4 is 50.6 Å². The largest absolute Gasteiger partial charge is 0.371 e. The molecule has 2 nitrogen and oxygen atoms in total. The second kappa shape index (κ2) is 8.05. The second-order valence-corrected chi connectivity index (χ2v) is 7.30. The molecule has 3 aromatic rings. The third-order valence-electron chi connectivity index (χ3n) is 3.75. The first kappa shape index (κ1) is 18.0. The fourth-order valence-electron chi connectivity index (χ4n) is 2.45. The highest BCUT2D eigenvalue weighted by molar-refractivity contribution is 9.10. The molecule has 25 heavy (non-hydrogen) atoms. The SMILES string of the molecule is O=C(c1ccc(Br)cc1)C(Nc1ccc(Cl)cc1)c1ccc(Cl)cc1. The van der Waals surface area contributed by atoms with Gasteiger partial charge >= 0.3 is 0 Å². The molecule has 0 saturated heterocycles. The lowest BCUT2D eigenvalue weighted by Gasteiger charge is -2.20. The maximum Gasteiger partial charge on any atom is 0.189 e. The summed E-state index contributed by atoms with van der Waals surface area (Å²) in [6, 6.07) is 21.3. The molecule has 0 heterocycles. The summed E-state index contributed by atoms with van der Waals surface area (Å²) in [5.41, 5.74) is 2.28. The molecule has 1 N–H and O–H groups in total. The van der Waals surface area contributed by atoms with Crippen molar-refractivity contribution in [3.8, 4) is 0 Å². The van der Waals surface area contributed by atoms with Crippen LogP contribution in [0.15, 0.2) is 77.3 Å². The Morgan fingerprint density at radius 1 is 0.800 bits per heavy atom. The van der Waals surface area contributed by atoms with Crippen LogP contribution in [0, 0.1) is 0 Å². The standard InChI is InChI=1S/C20H14BrCl2NO/c21-15-5-1-14(2-6-15)20(25)19(13-3-7-16(22)8-4-13)24-18-11-9-17(23)10-12-18/h1-12,19,24H. The van der Waals surface area contributed by atoms with E-state index in [0.29, 0.717) is 15.6 Å². The second-order valence-electron chi connectivity index (χ2n) is 5.51. The smallest absolute Gasteiger partial charge is 0.189 e.